The van der Waals surface area contributed by atoms with Gasteiger partial charge in [0, 0.05) is 18.1 Å². The molecule has 4 nitrogen and oxygen atoms in total. The quantitative estimate of drug-likeness (QED) is 0.863. The average molecular weight is 282 g/mol. The summed E-state index contributed by atoms with van der Waals surface area (Å²) >= 11 is 5.96. The number of benzene rings is 1. The summed E-state index contributed by atoms with van der Waals surface area (Å²) in [5.74, 6) is -1.46. The van der Waals surface area contributed by atoms with Gasteiger partial charge in [-0.2, -0.15) is 0 Å². The van der Waals surface area contributed by atoms with Crippen LogP contribution < -0.4 is 0 Å². The SMILES string of the molecule is CN(C(=O)/C=C/c1ccccc1Cl)C(C)(C)C(=O)O. The fraction of sp³-hybridized carbons (Fsp3) is 0.286. The fourth-order valence-corrected chi connectivity index (χ4v) is 1.50. The normalized spacial score (nSPS) is 11.6. The van der Waals surface area contributed by atoms with Crippen LogP contribution in [0.15, 0.2) is 30.3 Å². The molecule has 19 heavy (non-hydrogen) atoms. The van der Waals surface area contributed by atoms with Crippen LogP contribution in [0.2, 0.25) is 5.02 Å². The molecule has 1 N–H and O–H groups in total. The summed E-state index contributed by atoms with van der Waals surface area (Å²) in [6.45, 7) is 2.94. The molecule has 0 aliphatic rings. The zero-order valence-corrected chi connectivity index (χ0v) is 11.8. The number of carbonyl (C=O) groups is 2. The van der Waals surface area contributed by atoms with Crippen LogP contribution in [-0.4, -0.2) is 34.5 Å². The van der Waals surface area contributed by atoms with E-state index < -0.39 is 17.4 Å². The highest BCUT2D eigenvalue weighted by Crippen LogP contribution is 2.17. The minimum absolute atomic E-state index is 0.396. The molecule has 0 fully saturated rings. The zero-order valence-electron chi connectivity index (χ0n) is 11.1. The fourth-order valence-electron chi connectivity index (χ4n) is 1.30. The second-order valence-electron chi connectivity index (χ2n) is 4.62. The number of rotatable bonds is 4. The Kier molecular flexibility index (Phi) is 4.72. The predicted octanol–water partition coefficient (Wildman–Crippen LogP) is 2.67. The third-order valence-corrected chi connectivity index (χ3v) is 3.35. The van der Waals surface area contributed by atoms with Crippen molar-refractivity contribution in [1.82, 2.24) is 4.90 Å². The lowest BCUT2D eigenvalue weighted by Crippen LogP contribution is -2.50. The molecule has 1 aromatic carbocycles. The van der Waals surface area contributed by atoms with E-state index in [2.05, 4.69) is 0 Å². The molecule has 0 bridgehead atoms. The summed E-state index contributed by atoms with van der Waals surface area (Å²) in [7, 11) is 1.45. The van der Waals surface area contributed by atoms with Gasteiger partial charge < -0.3 is 10.0 Å². The molecule has 0 saturated carbocycles. The molecule has 0 aliphatic heterocycles. The standard InChI is InChI=1S/C14H16ClNO3/c1-14(2,13(18)19)16(3)12(17)9-8-10-6-4-5-7-11(10)15/h4-9H,1-3H3,(H,18,19)/b9-8+. The first-order valence-electron chi connectivity index (χ1n) is 5.70. The molecule has 1 aromatic rings. The van der Waals surface area contributed by atoms with Crippen LogP contribution >= 0.6 is 11.6 Å². The minimum atomic E-state index is -1.26. The number of carbonyl (C=O) groups excluding carboxylic acids is 1. The monoisotopic (exact) mass is 281 g/mol. The molecule has 0 radical (unpaired) electrons. The first-order valence-corrected chi connectivity index (χ1v) is 6.08. The lowest BCUT2D eigenvalue weighted by molar-refractivity contribution is -0.153. The Morgan fingerprint density at radius 1 is 1.32 bits per heavy atom. The zero-order chi connectivity index (χ0) is 14.6. The molecule has 102 valence electrons. The number of nitrogens with zero attached hydrogens (tertiary/aromatic N) is 1. The molecular formula is C14H16ClNO3. The smallest absolute Gasteiger partial charge is 0.329 e. The van der Waals surface area contributed by atoms with Crippen molar-refractivity contribution < 1.29 is 14.7 Å². The van der Waals surface area contributed by atoms with Gasteiger partial charge in [-0.05, 0) is 31.6 Å². The van der Waals surface area contributed by atoms with Crippen molar-refractivity contribution >= 4 is 29.6 Å². The summed E-state index contributed by atoms with van der Waals surface area (Å²) in [5, 5.41) is 9.58. The highest BCUT2D eigenvalue weighted by Gasteiger charge is 2.34. The number of halogens is 1. The van der Waals surface area contributed by atoms with Gasteiger partial charge in [-0.1, -0.05) is 29.8 Å². The first kappa shape index (κ1) is 15.2. The molecule has 0 unspecified atom stereocenters. The molecular weight excluding hydrogens is 266 g/mol. The van der Waals surface area contributed by atoms with E-state index in [1.54, 1.807) is 30.3 Å². The van der Waals surface area contributed by atoms with E-state index in [0.717, 1.165) is 0 Å². The van der Waals surface area contributed by atoms with Gasteiger partial charge in [-0.3, -0.25) is 4.79 Å². The number of hydrogen-bond donors (Lipinski definition) is 1. The Morgan fingerprint density at radius 2 is 1.89 bits per heavy atom. The number of carboxylic acid groups (broad SMARTS) is 1. The van der Waals surface area contributed by atoms with Crippen molar-refractivity contribution in [3.63, 3.8) is 0 Å². The van der Waals surface area contributed by atoms with Crippen LogP contribution in [0.25, 0.3) is 6.08 Å². The molecule has 1 rings (SSSR count). The second-order valence-corrected chi connectivity index (χ2v) is 5.02. The van der Waals surface area contributed by atoms with Crippen molar-refractivity contribution in [3.8, 4) is 0 Å². The molecule has 0 aliphatic carbocycles. The Balaban J connectivity index is 2.86. The molecule has 0 aromatic heterocycles. The van der Waals surface area contributed by atoms with Crippen molar-refractivity contribution in [2.75, 3.05) is 7.05 Å². The van der Waals surface area contributed by atoms with Gasteiger partial charge in [0.25, 0.3) is 0 Å². The van der Waals surface area contributed by atoms with Crippen LogP contribution in [-0.2, 0) is 9.59 Å². The van der Waals surface area contributed by atoms with Crippen molar-refractivity contribution in [3.05, 3.63) is 40.9 Å². The Morgan fingerprint density at radius 3 is 2.42 bits per heavy atom. The van der Waals surface area contributed by atoms with Gasteiger partial charge in [-0.15, -0.1) is 0 Å². The molecule has 0 heterocycles. The van der Waals surface area contributed by atoms with Crippen LogP contribution in [0.1, 0.15) is 19.4 Å². The van der Waals surface area contributed by atoms with Gasteiger partial charge in [0.05, 0.1) is 0 Å². The topological polar surface area (TPSA) is 57.6 Å². The Bertz CT molecular complexity index is 523. The van der Waals surface area contributed by atoms with Gasteiger partial charge in [0.1, 0.15) is 5.54 Å². The number of carboxylic acids is 1. The van der Waals surface area contributed by atoms with Gasteiger partial charge in [0.15, 0.2) is 0 Å². The van der Waals surface area contributed by atoms with E-state index >= 15 is 0 Å². The van der Waals surface area contributed by atoms with E-state index in [9.17, 15) is 9.59 Å². The van der Waals surface area contributed by atoms with Crippen molar-refractivity contribution in [2.24, 2.45) is 0 Å². The maximum absolute atomic E-state index is 11.9. The number of likely N-dealkylation sites (N-methyl/N-ethyl adjacent to an activating group) is 1. The summed E-state index contributed by atoms with van der Waals surface area (Å²) in [4.78, 5) is 24.1. The number of aliphatic carboxylic acids is 1. The van der Waals surface area contributed by atoms with Crippen LogP contribution in [0.4, 0.5) is 0 Å². The predicted molar refractivity (Wildman–Crippen MR) is 75.0 cm³/mol. The molecule has 0 atom stereocenters. The van der Waals surface area contributed by atoms with E-state index in [-0.39, 0.29) is 0 Å². The lowest BCUT2D eigenvalue weighted by atomic mass is 10.0. The highest BCUT2D eigenvalue weighted by atomic mass is 35.5. The number of hydrogen-bond acceptors (Lipinski definition) is 2. The van der Waals surface area contributed by atoms with Crippen LogP contribution in [0.3, 0.4) is 0 Å². The third-order valence-electron chi connectivity index (χ3n) is 3.00. The Hall–Kier alpha value is -1.81. The second kappa shape index (κ2) is 5.89. The van der Waals surface area contributed by atoms with E-state index in [0.29, 0.717) is 10.6 Å². The van der Waals surface area contributed by atoms with Gasteiger partial charge >= 0.3 is 5.97 Å². The van der Waals surface area contributed by atoms with Gasteiger partial charge in [0.2, 0.25) is 5.91 Å². The summed E-state index contributed by atoms with van der Waals surface area (Å²) in [6.07, 6.45) is 2.88. The maximum Gasteiger partial charge on any atom is 0.329 e. The number of amides is 1. The largest absolute Gasteiger partial charge is 0.480 e. The lowest BCUT2D eigenvalue weighted by Gasteiger charge is -2.30. The van der Waals surface area contributed by atoms with Crippen molar-refractivity contribution in [2.45, 2.75) is 19.4 Å². The molecule has 0 spiro atoms. The Labute approximate surface area is 117 Å². The van der Waals surface area contributed by atoms with Crippen molar-refractivity contribution in [1.29, 1.82) is 0 Å². The third kappa shape index (κ3) is 3.58. The van der Waals surface area contributed by atoms with E-state index in [1.807, 2.05) is 0 Å². The summed E-state index contributed by atoms with van der Waals surface area (Å²) in [6, 6.07) is 7.09. The van der Waals surface area contributed by atoms with Crippen LogP contribution in [0, 0.1) is 0 Å². The van der Waals surface area contributed by atoms with E-state index in [1.165, 1.54) is 31.9 Å². The van der Waals surface area contributed by atoms with Crippen LogP contribution in [0.5, 0.6) is 0 Å². The minimum Gasteiger partial charge on any atom is -0.480 e. The summed E-state index contributed by atoms with van der Waals surface area (Å²) < 4.78 is 0. The highest BCUT2D eigenvalue weighted by molar-refractivity contribution is 6.32. The summed E-state index contributed by atoms with van der Waals surface area (Å²) in [5.41, 5.74) is -0.555. The first-order chi connectivity index (χ1) is 8.76. The average Bonchev–Trinajstić information content (AvgIpc) is 2.36. The molecule has 0 saturated heterocycles. The molecule has 5 heteroatoms. The van der Waals surface area contributed by atoms with E-state index in [4.69, 9.17) is 16.7 Å². The molecule has 1 amide bonds. The van der Waals surface area contributed by atoms with Gasteiger partial charge in [-0.25, -0.2) is 4.79 Å². The maximum atomic E-state index is 11.9.